The first-order chi connectivity index (χ1) is 4.84. The van der Waals surface area contributed by atoms with Crippen molar-refractivity contribution in [2.24, 2.45) is 0 Å². The Labute approximate surface area is 69.3 Å². The highest BCUT2D eigenvalue weighted by Crippen LogP contribution is 2.19. The zero-order valence-electron chi connectivity index (χ0n) is 5.46. The molecule has 1 aromatic rings. The zero-order valence-corrected chi connectivity index (χ0v) is 7.03. The average Bonchev–Trinajstić information content (AvgIpc) is 2.38. The summed E-state index contributed by atoms with van der Waals surface area (Å²) in [6.45, 7) is 0. The number of hydrogen-bond acceptors (Lipinski definition) is 2. The van der Waals surface area contributed by atoms with E-state index in [4.69, 9.17) is 11.6 Å². The lowest BCUT2D eigenvalue weighted by Crippen LogP contribution is -1.95. The molecule has 0 aliphatic heterocycles. The van der Waals surface area contributed by atoms with Gasteiger partial charge in [-0.2, -0.15) is 11.3 Å². The normalized spacial score (nSPS) is 13.4. The summed E-state index contributed by atoms with van der Waals surface area (Å²) in [6, 6.07) is 1.92. The Morgan fingerprint density at radius 1 is 1.70 bits per heavy atom. The fraction of sp³-hybridized carbons (Fsp3) is 0.429. The van der Waals surface area contributed by atoms with Crippen LogP contribution in [0.2, 0.25) is 0 Å². The summed E-state index contributed by atoms with van der Waals surface area (Å²) in [4.78, 5) is 0. The molecular weight excluding hydrogens is 168 g/mol. The molecule has 3 heteroatoms. The molecule has 56 valence electrons. The molecule has 0 aromatic carbocycles. The second-order valence-corrected chi connectivity index (χ2v) is 3.21. The van der Waals surface area contributed by atoms with E-state index in [1.807, 2.05) is 16.8 Å². The van der Waals surface area contributed by atoms with Crippen LogP contribution in [-0.4, -0.2) is 11.0 Å². The molecule has 1 aromatic heterocycles. The van der Waals surface area contributed by atoms with Gasteiger partial charge in [0.1, 0.15) is 0 Å². The second-order valence-electron chi connectivity index (χ2n) is 2.05. The molecule has 1 N–H and O–H groups in total. The highest BCUT2D eigenvalue weighted by molar-refractivity contribution is 7.07. The van der Waals surface area contributed by atoms with Gasteiger partial charge in [-0.3, -0.25) is 0 Å². The maximum absolute atomic E-state index is 9.33. The fourth-order valence-electron chi connectivity index (χ4n) is 0.735. The third kappa shape index (κ3) is 1.97. The van der Waals surface area contributed by atoms with Crippen molar-refractivity contribution in [3.63, 3.8) is 0 Å². The van der Waals surface area contributed by atoms with Crippen molar-refractivity contribution in [2.45, 2.75) is 12.5 Å². The minimum atomic E-state index is -0.372. The van der Waals surface area contributed by atoms with Crippen LogP contribution in [-0.2, 0) is 0 Å². The summed E-state index contributed by atoms with van der Waals surface area (Å²) in [7, 11) is 0. The number of rotatable bonds is 3. The van der Waals surface area contributed by atoms with Crippen molar-refractivity contribution in [3.05, 3.63) is 22.4 Å². The molecule has 1 atom stereocenters. The van der Waals surface area contributed by atoms with Gasteiger partial charge in [0.15, 0.2) is 0 Å². The SMILES string of the molecule is OC(CCCl)c1ccsc1. The van der Waals surface area contributed by atoms with Gasteiger partial charge in [-0.25, -0.2) is 0 Å². The van der Waals surface area contributed by atoms with Gasteiger partial charge in [-0.15, -0.1) is 11.6 Å². The van der Waals surface area contributed by atoms with Crippen LogP contribution in [0.5, 0.6) is 0 Å². The summed E-state index contributed by atoms with van der Waals surface area (Å²) >= 11 is 7.05. The Bertz CT molecular complexity index is 174. The molecule has 0 aliphatic carbocycles. The van der Waals surface area contributed by atoms with Gasteiger partial charge in [0.2, 0.25) is 0 Å². The standard InChI is InChI=1S/C7H9ClOS/c8-3-1-7(9)6-2-4-10-5-6/h2,4-5,7,9H,1,3H2. The molecule has 1 nitrogen and oxygen atoms in total. The summed E-state index contributed by atoms with van der Waals surface area (Å²) in [5, 5.41) is 13.2. The van der Waals surface area contributed by atoms with E-state index in [-0.39, 0.29) is 6.10 Å². The number of aliphatic hydroxyl groups excluding tert-OH is 1. The third-order valence-electron chi connectivity index (χ3n) is 1.31. The first-order valence-electron chi connectivity index (χ1n) is 3.10. The highest BCUT2D eigenvalue weighted by atomic mass is 35.5. The highest BCUT2D eigenvalue weighted by Gasteiger charge is 2.05. The maximum atomic E-state index is 9.33. The summed E-state index contributed by atoms with van der Waals surface area (Å²) in [5.41, 5.74) is 0.977. The minimum absolute atomic E-state index is 0.372. The van der Waals surface area contributed by atoms with Crippen molar-refractivity contribution < 1.29 is 5.11 Å². The topological polar surface area (TPSA) is 20.2 Å². The van der Waals surface area contributed by atoms with Crippen molar-refractivity contribution in [1.29, 1.82) is 0 Å². The predicted molar refractivity (Wildman–Crippen MR) is 44.6 cm³/mol. The van der Waals surface area contributed by atoms with E-state index in [1.54, 1.807) is 11.3 Å². The van der Waals surface area contributed by atoms with Crippen LogP contribution in [0.4, 0.5) is 0 Å². The predicted octanol–water partition coefficient (Wildman–Crippen LogP) is 2.41. The van der Waals surface area contributed by atoms with Crippen LogP contribution >= 0.6 is 22.9 Å². The van der Waals surface area contributed by atoms with Crippen LogP contribution in [0.25, 0.3) is 0 Å². The Morgan fingerprint density at radius 3 is 3.00 bits per heavy atom. The molecule has 0 fully saturated rings. The molecule has 0 aliphatic rings. The Balaban J connectivity index is 2.50. The Morgan fingerprint density at radius 2 is 2.50 bits per heavy atom. The lowest BCUT2D eigenvalue weighted by Gasteiger charge is -2.04. The Hall–Kier alpha value is -0.0500. The van der Waals surface area contributed by atoms with E-state index in [1.165, 1.54) is 0 Å². The van der Waals surface area contributed by atoms with Crippen molar-refractivity contribution in [1.82, 2.24) is 0 Å². The number of hydrogen-bond donors (Lipinski definition) is 1. The average molecular weight is 177 g/mol. The maximum Gasteiger partial charge on any atom is 0.0809 e. The molecule has 1 rings (SSSR count). The fourth-order valence-corrected chi connectivity index (χ4v) is 1.65. The lowest BCUT2D eigenvalue weighted by atomic mass is 10.1. The van der Waals surface area contributed by atoms with Crippen LogP contribution in [0, 0.1) is 0 Å². The van der Waals surface area contributed by atoms with Gasteiger partial charge in [-0.1, -0.05) is 0 Å². The third-order valence-corrected chi connectivity index (χ3v) is 2.23. The molecule has 0 amide bonds. The lowest BCUT2D eigenvalue weighted by molar-refractivity contribution is 0.175. The van der Waals surface area contributed by atoms with Crippen molar-refractivity contribution in [2.75, 3.05) is 5.88 Å². The quantitative estimate of drug-likeness (QED) is 0.702. The zero-order chi connectivity index (χ0) is 7.40. The van der Waals surface area contributed by atoms with Gasteiger partial charge in [-0.05, 0) is 28.8 Å². The van der Waals surface area contributed by atoms with Gasteiger partial charge < -0.3 is 5.11 Å². The smallest absolute Gasteiger partial charge is 0.0809 e. The Kier molecular flexibility index (Phi) is 3.19. The van der Waals surface area contributed by atoms with Crippen LogP contribution in [0.15, 0.2) is 16.8 Å². The molecule has 0 spiro atoms. The molecule has 1 heterocycles. The van der Waals surface area contributed by atoms with Crippen LogP contribution in [0.1, 0.15) is 18.1 Å². The van der Waals surface area contributed by atoms with Crippen LogP contribution in [0.3, 0.4) is 0 Å². The monoisotopic (exact) mass is 176 g/mol. The summed E-state index contributed by atoms with van der Waals surface area (Å²) in [5.74, 6) is 0.511. The van der Waals surface area contributed by atoms with Gasteiger partial charge in [0, 0.05) is 5.88 Å². The summed E-state index contributed by atoms with van der Waals surface area (Å²) in [6.07, 6.45) is 0.266. The van der Waals surface area contributed by atoms with Gasteiger partial charge in [0.25, 0.3) is 0 Å². The van der Waals surface area contributed by atoms with E-state index in [0.29, 0.717) is 12.3 Å². The number of aliphatic hydroxyl groups is 1. The van der Waals surface area contributed by atoms with Crippen molar-refractivity contribution in [3.8, 4) is 0 Å². The number of thiophene rings is 1. The molecule has 0 radical (unpaired) electrons. The minimum Gasteiger partial charge on any atom is -0.388 e. The molecular formula is C7H9ClOS. The first-order valence-corrected chi connectivity index (χ1v) is 4.58. The molecule has 0 saturated heterocycles. The van der Waals surface area contributed by atoms with Crippen LogP contribution < -0.4 is 0 Å². The number of alkyl halides is 1. The van der Waals surface area contributed by atoms with Crippen molar-refractivity contribution >= 4 is 22.9 Å². The summed E-state index contributed by atoms with van der Waals surface area (Å²) < 4.78 is 0. The van der Waals surface area contributed by atoms with E-state index in [2.05, 4.69) is 0 Å². The van der Waals surface area contributed by atoms with Gasteiger partial charge >= 0.3 is 0 Å². The van der Waals surface area contributed by atoms with E-state index >= 15 is 0 Å². The van der Waals surface area contributed by atoms with Gasteiger partial charge in [0.05, 0.1) is 6.10 Å². The molecule has 0 bridgehead atoms. The first kappa shape index (κ1) is 8.05. The molecule has 0 saturated carbocycles. The van der Waals surface area contributed by atoms with E-state index in [0.717, 1.165) is 5.56 Å². The number of halogens is 1. The second kappa shape index (κ2) is 3.96. The van der Waals surface area contributed by atoms with E-state index < -0.39 is 0 Å². The largest absolute Gasteiger partial charge is 0.388 e. The molecule has 1 unspecified atom stereocenters. The molecule has 10 heavy (non-hydrogen) atoms. The van der Waals surface area contributed by atoms with E-state index in [9.17, 15) is 5.11 Å².